The number of rotatable bonds is 16. The first-order valence-electron chi connectivity index (χ1n) is 10.0. The molecule has 158 valence electrons. The van der Waals surface area contributed by atoms with E-state index in [-0.39, 0.29) is 11.7 Å². The van der Waals surface area contributed by atoms with Crippen LogP contribution in [0.15, 0.2) is 18.3 Å². The van der Waals surface area contributed by atoms with Crippen molar-refractivity contribution in [2.45, 2.75) is 53.0 Å². The standard InChI is InChI=1S/C20H34N4O4/c1-4-19(25)8-9-20(26)21-10-6-5-7-18-15-24(23-22-18)11-12-27-13-14-28-16-17(2)3/h8-9,15,17H,4-7,10-14,16H2,1-3H3,(H,21,26)/b9-8+. The van der Waals surface area contributed by atoms with Crippen LogP contribution in [0.1, 0.15) is 45.7 Å². The van der Waals surface area contributed by atoms with Crippen LogP contribution in [0.4, 0.5) is 0 Å². The van der Waals surface area contributed by atoms with Crippen LogP contribution in [0.2, 0.25) is 0 Å². The van der Waals surface area contributed by atoms with Crippen LogP contribution in [-0.2, 0) is 32.0 Å². The van der Waals surface area contributed by atoms with Crippen molar-refractivity contribution < 1.29 is 19.1 Å². The van der Waals surface area contributed by atoms with Gasteiger partial charge >= 0.3 is 0 Å². The minimum Gasteiger partial charge on any atom is -0.379 e. The molecule has 8 heteroatoms. The highest BCUT2D eigenvalue weighted by Crippen LogP contribution is 2.01. The highest BCUT2D eigenvalue weighted by atomic mass is 16.5. The zero-order chi connectivity index (χ0) is 20.6. The molecule has 1 heterocycles. The Labute approximate surface area is 167 Å². The third-order valence-electron chi connectivity index (χ3n) is 3.80. The van der Waals surface area contributed by atoms with Crippen molar-refractivity contribution in [3.8, 4) is 0 Å². The Morgan fingerprint density at radius 2 is 1.96 bits per heavy atom. The van der Waals surface area contributed by atoms with Crippen molar-refractivity contribution in [2.24, 2.45) is 5.92 Å². The highest BCUT2D eigenvalue weighted by Gasteiger charge is 2.02. The Morgan fingerprint density at radius 1 is 1.18 bits per heavy atom. The Balaban J connectivity index is 2.05. The molecular weight excluding hydrogens is 360 g/mol. The van der Waals surface area contributed by atoms with E-state index in [1.54, 1.807) is 11.6 Å². The maximum atomic E-state index is 11.5. The van der Waals surface area contributed by atoms with Gasteiger partial charge in [0.1, 0.15) is 0 Å². The van der Waals surface area contributed by atoms with Crippen LogP contribution < -0.4 is 5.32 Å². The summed E-state index contributed by atoms with van der Waals surface area (Å²) in [5, 5.41) is 11.0. The smallest absolute Gasteiger partial charge is 0.244 e. The van der Waals surface area contributed by atoms with Gasteiger partial charge in [0, 0.05) is 31.8 Å². The minimum atomic E-state index is -0.234. The number of hydrogen-bond acceptors (Lipinski definition) is 6. The second-order valence-electron chi connectivity index (χ2n) is 6.96. The van der Waals surface area contributed by atoms with Gasteiger partial charge in [-0.25, -0.2) is 4.68 Å². The van der Waals surface area contributed by atoms with Gasteiger partial charge < -0.3 is 14.8 Å². The highest BCUT2D eigenvalue weighted by molar-refractivity contribution is 5.97. The first-order chi connectivity index (χ1) is 13.5. The van der Waals surface area contributed by atoms with Crippen molar-refractivity contribution in [3.63, 3.8) is 0 Å². The van der Waals surface area contributed by atoms with Gasteiger partial charge in [-0.15, -0.1) is 5.10 Å². The van der Waals surface area contributed by atoms with Crippen molar-refractivity contribution in [2.75, 3.05) is 33.0 Å². The number of nitrogens with zero attached hydrogens (tertiary/aromatic N) is 3. The van der Waals surface area contributed by atoms with E-state index < -0.39 is 0 Å². The number of aryl methyl sites for hydroxylation is 1. The second kappa shape index (κ2) is 14.9. The summed E-state index contributed by atoms with van der Waals surface area (Å²) in [4.78, 5) is 22.6. The summed E-state index contributed by atoms with van der Waals surface area (Å²) in [6.45, 7) is 9.77. The maximum absolute atomic E-state index is 11.5. The molecule has 1 aromatic rings. The molecule has 0 bridgehead atoms. The zero-order valence-electron chi connectivity index (χ0n) is 17.4. The molecule has 0 atom stereocenters. The molecule has 8 nitrogen and oxygen atoms in total. The normalized spacial score (nSPS) is 11.4. The Kier molecular flexibility index (Phi) is 12.8. The summed E-state index contributed by atoms with van der Waals surface area (Å²) in [5.74, 6) is 0.253. The average molecular weight is 395 g/mol. The average Bonchev–Trinajstić information content (AvgIpc) is 3.12. The molecule has 0 fully saturated rings. The van der Waals surface area contributed by atoms with Crippen LogP contribution in [0, 0.1) is 5.92 Å². The maximum Gasteiger partial charge on any atom is 0.244 e. The summed E-state index contributed by atoms with van der Waals surface area (Å²) in [6.07, 6.45) is 7.49. The van der Waals surface area contributed by atoms with E-state index in [4.69, 9.17) is 9.47 Å². The molecule has 28 heavy (non-hydrogen) atoms. The predicted molar refractivity (Wildman–Crippen MR) is 107 cm³/mol. The third kappa shape index (κ3) is 12.3. The molecule has 0 saturated carbocycles. The van der Waals surface area contributed by atoms with Gasteiger partial charge in [-0.3, -0.25) is 9.59 Å². The molecule has 0 aromatic carbocycles. The van der Waals surface area contributed by atoms with Gasteiger partial charge in [0.05, 0.1) is 32.1 Å². The predicted octanol–water partition coefficient (Wildman–Crippen LogP) is 1.94. The number of hydrogen-bond donors (Lipinski definition) is 1. The molecular formula is C20H34N4O4. The number of amides is 1. The van der Waals surface area contributed by atoms with Gasteiger partial charge in [-0.1, -0.05) is 26.0 Å². The SMILES string of the molecule is CCC(=O)/C=C/C(=O)NCCCCc1cn(CCOCCOCC(C)C)nn1. The number of aromatic nitrogens is 3. The van der Waals surface area contributed by atoms with Crippen LogP contribution in [0.3, 0.4) is 0 Å². The molecule has 0 unspecified atom stereocenters. The second-order valence-corrected chi connectivity index (χ2v) is 6.96. The number of allylic oxidation sites excluding steroid dienone is 1. The Morgan fingerprint density at radius 3 is 2.71 bits per heavy atom. The summed E-state index contributed by atoms with van der Waals surface area (Å²) in [6, 6.07) is 0. The van der Waals surface area contributed by atoms with Gasteiger partial charge in [-0.2, -0.15) is 0 Å². The number of nitrogens with one attached hydrogen (secondary N) is 1. The lowest BCUT2D eigenvalue weighted by molar-refractivity contribution is -0.117. The molecule has 1 amide bonds. The van der Waals surface area contributed by atoms with Crippen molar-refractivity contribution >= 4 is 11.7 Å². The third-order valence-corrected chi connectivity index (χ3v) is 3.80. The summed E-state index contributed by atoms with van der Waals surface area (Å²) in [7, 11) is 0. The van der Waals surface area contributed by atoms with E-state index in [2.05, 4.69) is 29.5 Å². The minimum absolute atomic E-state index is 0.0527. The fourth-order valence-electron chi connectivity index (χ4n) is 2.25. The molecule has 1 N–H and O–H groups in total. The van der Waals surface area contributed by atoms with E-state index in [1.165, 1.54) is 12.2 Å². The largest absolute Gasteiger partial charge is 0.379 e. The lowest BCUT2D eigenvalue weighted by atomic mass is 10.2. The van der Waals surface area contributed by atoms with Crippen molar-refractivity contribution in [1.82, 2.24) is 20.3 Å². The molecule has 0 saturated heterocycles. The van der Waals surface area contributed by atoms with Gasteiger partial charge in [0.2, 0.25) is 5.91 Å². The quantitative estimate of drug-likeness (QED) is 0.340. The van der Waals surface area contributed by atoms with E-state index >= 15 is 0 Å². The summed E-state index contributed by atoms with van der Waals surface area (Å²) < 4.78 is 12.8. The number of carbonyl (C=O) groups is 2. The lowest BCUT2D eigenvalue weighted by Crippen LogP contribution is -2.22. The van der Waals surface area contributed by atoms with Crippen LogP contribution in [0.5, 0.6) is 0 Å². The van der Waals surface area contributed by atoms with Crippen LogP contribution in [-0.4, -0.2) is 59.7 Å². The van der Waals surface area contributed by atoms with Gasteiger partial charge in [-0.05, 0) is 31.3 Å². The van der Waals surface area contributed by atoms with Gasteiger partial charge in [0.25, 0.3) is 0 Å². The van der Waals surface area contributed by atoms with E-state index in [0.29, 0.717) is 45.2 Å². The first kappa shape index (κ1) is 24.0. The topological polar surface area (TPSA) is 95.3 Å². The molecule has 0 aliphatic heterocycles. The number of unbranched alkanes of at least 4 members (excludes halogenated alkanes) is 1. The molecule has 0 aliphatic carbocycles. The molecule has 1 rings (SSSR count). The fourth-order valence-corrected chi connectivity index (χ4v) is 2.25. The summed E-state index contributed by atoms with van der Waals surface area (Å²) >= 11 is 0. The molecule has 1 aromatic heterocycles. The number of ether oxygens (including phenoxy) is 2. The van der Waals surface area contributed by atoms with Crippen molar-refractivity contribution in [3.05, 3.63) is 24.0 Å². The summed E-state index contributed by atoms with van der Waals surface area (Å²) in [5.41, 5.74) is 0.931. The van der Waals surface area contributed by atoms with Gasteiger partial charge in [0.15, 0.2) is 5.78 Å². The van der Waals surface area contributed by atoms with Crippen LogP contribution >= 0.6 is 0 Å². The van der Waals surface area contributed by atoms with Crippen molar-refractivity contribution in [1.29, 1.82) is 0 Å². The van der Waals surface area contributed by atoms with E-state index in [1.807, 2.05) is 6.20 Å². The molecule has 0 radical (unpaired) electrons. The number of carbonyl (C=O) groups excluding carboxylic acids is 2. The van der Waals surface area contributed by atoms with Crippen LogP contribution in [0.25, 0.3) is 0 Å². The monoisotopic (exact) mass is 394 g/mol. The Bertz CT molecular complexity index is 599. The molecule has 0 spiro atoms. The first-order valence-corrected chi connectivity index (χ1v) is 10.0. The zero-order valence-corrected chi connectivity index (χ0v) is 17.4. The number of ketones is 1. The Hall–Kier alpha value is -2.06. The van der Waals surface area contributed by atoms with E-state index in [9.17, 15) is 9.59 Å². The van der Waals surface area contributed by atoms with E-state index in [0.717, 1.165) is 31.6 Å². The molecule has 0 aliphatic rings. The lowest BCUT2D eigenvalue weighted by Gasteiger charge is -2.07. The fraction of sp³-hybridized carbons (Fsp3) is 0.700.